The SMILES string of the molecule is O=C1CCCC1c1nc(-c2ncc(Cl)cc2Cl)no1. The van der Waals surface area contributed by atoms with E-state index in [9.17, 15) is 4.79 Å². The average Bonchev–Trinajstić information content (AvgIpc) is 2.97. The molecule has 1 unspecified atom stereocenters. The topological polar surface area (TPSA) is 68.9 Å². The molecule has 7 heteroatoms. The second-order valence-electron chi connectivity index (χ2n) is 4.35. The van der Waals surface area contributed by atoms with Crippen molar-refractivity contribution in [3.8, 4) is 11.5 Å². The van der Waals surface area contributed by atoms with E-state index in [1.54, 1.807) is 6.07 Å². The zero-order chi connectivity index (χ0) is 13.4. The molecule has 0 N–H and O–H groups in total. The van der Waals surface area contributed by atoms with Crippen LogP contribution in [0.5, 0.6) is 0 Å². The zero-order valence-corrected chi connectivity index (χ0v) is 11.3. The highest BCUT2D eigenvalue weighted by Gasteiger charge is 2.31. The van der Waals surface area contributed by atoms with Gasteiger partial charge in [-0.25, -0.2) is 4.98 Å². The molecule has 1 fully saturated rings. The van der Waals surface area contributed by atoms with Gasteiger partial charge in [0, 0.05) is 12.6 Å². The Morgan fingerprint density at radius 1 is 1.37 bits per heavy atom. The molecule has 2 heterocycles. The lowest BCUT2D eigenvalue weighted by atomic mass is 10.1. The number of carbonyl (C=O) groups excluding carboxylic acids is 1. The molecule has 0 aliphatic heterocycles. The lowest BCUT2D eigenvalue weighted by Gasteiger charge is -1.99. The van der Waals surface area contributed by atoms with Crippen LogP contribution in [0.3, 0.4) is 0 Å². The van der Waals surface area contributed by atoms with Gasteiger partial charge in [0.25, 0.3) is 0 Å². The summed E-state index contributed by atoms with van der Waals surface area (Å²) in [5, 5.41) is 4.61. The summed E-state index contributed by atoms with van der Waals surface area (Å²) in [5.41, 5.74) is 0.395. The molecule has 2 aromatic heterocycles. The molecule has 0 amide bonds. The van der Waals surface area contributed by atoms with Gasteiger partial charge in [-0.2, -0.15) is 4.98 Å². The third-order valence-corrected chi connectivity index (χ3v) is 3.56. The minimum absolute atomic E-state index is 0.144. The van der Waals surface area contributed by atoms with Crippen LogP contribution >= 0.6 is 23.2 Å². The molecular formula is C12H9Cl2N3O2. The molecule has 0 aromatic carbocycles. The normalized spacial score (nSPS) is 19.1. The Balaban J connectivity index is 1.94. The molecule has 3 rings (SSSR count). The number of pyridine rings is 1. The van der Waals surface area contributed by atoms with Gasteiger partial charge in [-0.05, 0) is 18.9 Å². The van der Waals surface area contributed by atoms with Crippen LogP contribution in [0.25, 0.3) is 11.5 Å². The maximum atomic E-state index is 11.6. The van der Waals surface area contributed by atoms with Crippen molar-refractivity contribution in [1.82, 2.24) is 15.1 Å². The number of aromatic nitrogens is 3. The maximum absolute atomic E-state index is 11.6. The Morgan fingerprint density at radius 2 is 2.21 bits per heavy atom. The van der Waals surface area contributed by atoms with Gasteiger partial charge in [0.1, 0.15) is 11.5 Å². The fourth-order valence-electron chi connectivity index (χ4n) is 2.13. The molecular weight excluding hydrogens is 289 g/mol. The zero-order valence-electron chi connectivity index (χ0n) is 9.77. The Bertz CT molecular complexity index is 642. The molecule has 1 saturated carbocycles. The fraction of sp³-hybridized carbons (Fsp3) is 0.333. The predicted octanol–water partition coefficient (Wildman–Crippen LogP) is 3.28. The van der Waals surface area contributed by atoms with Crippen molar-refractivity contribution in [2.75, 3.05) is 0 Å². The van der Waals surface area contributed by atoms with E-state index in [0.717, 1.165) is 12.8 Å². The van der Waals surface area contributed by atoms with Crippen LogP contribution in [-0.4, -0.2) is 20.9 Å². The monoisotopic (exact) mass is 297 g/mol. The molecule has 0 bridgehead atoms. The second-order valence-corrected chi connectivity index (χ2v) is 5.19. The van der Waals surface area contributed by atoms with Crippen LogP contribution in [0.2, 0.25) is 10.0 Å². The first kappa shape index (κ1) is 12.6. The van der Waals surface area contributed by atoms with Crippen molar-refractivity contribution in [2.24, 2.45) is 0 Å². The van der Waals surface area contributed by atoms with E-state index in [-0.39, 0.29) is 17.5 Å². The van der Waals surface area contributed by atoms with Gasteiger partial charge >= 0.3 is 0 Å². The standard InChI is InChI=1S/C12H9Cl2N3O2/c13-6-4-8(14)10(15-5-6)11-16-12(19-17-11)7-2-1-3-9(7)18/h4-5,7H,1-3H2. The van der Waals surface area contributed by atoms with Crippen LogP contribution in [0.4, 0.5) is 0 Å². The van der Waals surface area contributed by atoms with E-state index in [0.29, 0.717) is 28.1 Å². The van der Waals surface area contributed by atoms with Crippen LogP contribution in [0, 0.1) is 0 Å². The minimum Gasteiger partial charge on any atom is -0.338 e. The molecule has 0 spiro atoms. The largest absolute Gasteiger partial charge is 0.338 e. The maximum Gasteiger partial charge on any atom is 0.237 e. The van der Waals surface area contributed by atoms with Gasteiger partial charge in [0.05, 0.1) is 16.0 Å². The van der Waals surface area contributed by atoms with E-state index >= 15 is 0 Å². The lowest BCUT2D eigenvalue weighted by molar-refractivity contribution is -0.119. The number of halogens is 2. The smallest absolute Gasteiger partial charge is 0.237 e. The van der Waals surface area contributed by atoms with E-state index in [1.165, 1.54) is 6.20 Å². The molecule has 1 aliphatic carbocycles. The van der Waals surface area contributed by atoms with E-state index < -0.39 is 0 Å². The van der Waals surface area contributed by atoms with Gasteiger partial charge in [-0.15, -0.1) is 0 Å². The minimum atomic E-state index is -0.285. The predicted molar refractivity (Wildman–Crippen MR) is 69.1 cm³/mol. The Kier molecular flexibility index (Phi) is 3.24. The highest BCUT2D eigenvalue weighted by Crippen LogP contribution is 2.32. The van der Waals surface area contributed by atoms with Crippen LogP contribution in [-0.2, 0) is 4.79 Å². The third-order valence-electron chi connectivity index (χ3n) is 3.06. The van der Waals surface area contributed by atoms with Crippen LogP contribution < -0.4 is 0 Å². The van der Waals surface area contributed by atoms with Crippen molar-refractivity contribution in [1.29, 1.82) is 0 Å². The molecule has 19 heavy (non-hydrogen) atoms. The van der Waals surface area contributed by atoms with Crippen molar-refractivity contribution in [3.63, 3.8) is 0 Å². The van der Waals surface area contributed by atoms with Gasteiger partial charge in [-0.1, -0.05) is 28.4 Å². The summed E-state index contributed by atoms with van der Waals surface area (Å²) in [6, 6.07) is 1.56. The molecule has 5 nitrogen and oxygen atoms in total. The highest BCUT2D eigenvalue weighted by atomic mass is 35.5. The molecule has 0 saturated heterocycles. The number of carbonyl (C=O) groups is 1. The summed E-state index contributed by atoms with van der Waals surface area (Å²) in [6.45, 7) is 0. The quantitative estimate of drug-likeness (QED) is 0.851. The van der Waals surface area contributed by atoms with E-state index in [1.807, 2.05) is 0 Å². The molecule has 2 aromatic rings. The van der Waals surface area contributed by atoms with Crippen LogP contribution in [0.1, 0.15) is 31.1 Å². The number of rotatable bonds is 2. The summed E-state index contributed by atoms with van der Waals surface area (Å²) in [5.74, 6) is 0.472. The summed E-state index contributed by atoms with van der Waals surface area (Å²) in [7, 11) is 0. The van der Waals surface area contributed by atoms with Gasteiger partial charge in [0.15, 0.2) is 0 Å². The Morgan fingerprint density at radius 3 is 2.89 bits per heavy atom. The van der Waals surface area contributed by atoms with Crippen molar-refractivity contribution in [2.45, 2.75) is 25.2 Å². The average molecular weight is 298 g/mol. The molecule has 1 atom stereocenters. The van der Waals surface area contributed by atoms with E-state index in [2.05, 4.69) is 15.1 Å². The first-order chi connectivity index (χ1) is 9.15. The summed E-state index contributed by atoms with van der Waals surface area (Å²) >= 11 is 11.8. The summed E-state index contributed by atoms with van der Waals surface area (Å²) in [6.07, 6.45) is 3.64. The summed E-state index contributed by atoms with van der Waals surface area (Å²) < 4.78 is 5.15. The van der Waals surface area contributed by atoms with Crippen molar-refractivity contribution >= 4 is 29.0 Å². The molecule has 0 radical (unpaired) electrons. The number of Topliss-reactive ketones (excluding diaryl/α,β-unsaturated/α-hetero) is 1. The molecule has 1 aliphatic rings. The number of nitrogens with zero attached hydrogens (tertiary/aromatic N) is 3. The summed E-state index contributed by atoms with van der Waals surface area (Å²) in [4.78, 5) is 19.9. The van der Waals surface area contributed by atoms with Crippen LogP contribution in [0.15, 0.2) is 16.8 Å². The Labute approximate surface area is 118 Å². The lowest BCUT2D eigenvalue weighted by Crippen LogP contribution is -2.04. The van der Waals surface area contributed by atoms with E-state index in [4.69, 9.17) is 27.7 Å². The first-order valence-corrected chi connectivity index (χ1v) is 6.58. The first-order valence-electron chi connectivity index (χ1n) is 5.83. The van der Waals surface area contributed by atoms with Gasteiger partial charge < -0.3 is 4.52 Å². The number of hydrogen-bond donors (Lipinski definition) is 0. The molecule has 98 valence electrons. The fourth-order valence-corrected chi connectivity index (χ4v) is 2.59. The Hall–Kier alpha value is -1.46. The van der Waals surface area contributed by atoms with Crippen molar-refractivity contribution in [3.05, 3.63) is 28.2 Å². The third kappa shape index (κ3) is 2.35. The number of hydrogen-bond acceptors (Lipinski definition) is 5. The van der Waals surface area contributed by atoms with Gasteiger partial charge in [-0.3, -0.25) is 4.79 Å². The number of ketones is 1. The highest BCUT2D eigenvalue weighted by molar-refractivity contribution is 6.35. The van der Waals surface area contributed by atoms with Crippen molar-refractivity contribution < 1.29 is 9.32 Å². The van der Waals surface area contributed by atoms with Gasteiger partial charge in [0.2, 0.25) is 11.7 Å². The second kappa shape index (κ2) is 4.90.